The van der Waals surface area contributed by atoms with E-state index in [1.54, 1.807) is 0 Å². The predicted molar refractivity (Wildman–Crippen MR) is 53.6 cm³/mol. The maximum atomic E-state index is 10.3. The van der Waals surface area contributed by atoms with Crippen molar-refractivity contribution >= 4 is 0 Å². The summed E-state index contributed by atoms with van der Waals surface area (Å²) in [5, 5.41) is 10.3. The first-order chi connectivity index (χ1) is 6.22. The van der Waals surface area contributed by atoms with Gasteiger partial charge in [-0.15, -0.1) is 0 Å². The van der Waals surface area contributed by atoms with Gasteiger partial charge in [-0.1, -0.05) is 19.8 Å². The summed E-state index contributed by atoms with van der Waals surface area (Å²) in [6.07, 6.45) is 5.79. The normalized spacial score (nSPS) is 29.1. The Hall–Kier alpha value is -0.0800. The molecule has 2 nitrogen and oxygen atoms in total. The highest BCUT2D eigenvalue weighted by Gasteiger charge is 2.37. The van der Waals surface area contributed by atoms with Crippen molar-refractivity contribution in [2.45, 2.75) is 44.6 Å². The van der Waals surface area contributed by atoms with Gasteiger partial charge in [0.05, 0.1) is 5.60 Å². The summed E-state index contributed by atoms with van der Waals surface area (Å²) in [5.41, 5.74) is -0.299. The van der Waals surface area contributed by atoms with Gasteiger partial charge < -0.3 is 10.0 Å². The number of likely N-dealkylation sites (tertiary alicyclic amines) is 1. The van der Waals surface area contributed by atoms with E-state index in [-0.39, 0.29) is 5.60 Å². The fourth-order valence-corrected chi connectivity index (χ4v) is 2.35. The Balaban J connectivity index is 1.80. The van der Waals surface area contributed by atoms with Gasteiger partial charge in [0.2, 0.25) is 0 Å². The van der Waals surface area contributed by atoms with E-state index >= 15 is 0 Å². The molecule has 1 heterocycles. The Kier molecular flexibility index (Phi) is 2.61. The van der Waals surface area contributed by atoms with Gasteiger partial charge in [-0.25, -0.2) is 0 Å². The number of piperidine rings is 1. The second-order valence-corrected chi connectivity index (χ2v) is 4.81. The van der Waals surface area contributed by atoms with E-state index in [4.69, 9.17) is 0 Å². The van der Waals surface area contributed by atoms with Crippen LogP contribution in [0.3, 0.4) is 0 Å². The molecule has 1 aliphatic carbocycles. The largest absolute Gasteiger partial charge is 0.390 e. The Morgan fingerprint density at radius 2 is 1.92 bits per heavy atom. The van der Waals surface area contributed by atoms with E-state index in [1.807, 2.05) is 0 Å². The van der Waals surface area contributed by atoms with Gasteiger partial charge >= 0.3 is 0 Å². The zero-order valence-electron chi connectivity index (χ0n) is 8.63. The van der Waals surface area contributed by atoms with E-state index in [9.17, 15) is 5.11 Å². The summed E-state index contributed by atoms with van der Waals surface area (Å²) in [6, 6.07) is 0. The maximum Gasteiger partial charge on any atom is 0.0674 e. The van der Waals surface area contributed by atoms with Crippen LogP contribution in [-0.2, 0) is 0 Å². The molecule has 0 bridgehead atoms. The lowest BCUT2D eigenvalue weighted by Gasteiger charge is -2.38. The highest BCUT2D eigenvalue weighted by Crippen LogP contribution is 2.40. The second-order valence-electron chi connectivity index (χ2n) is 4.81. The second kappa shape index (κ2) is 3.58. The van der Waals surface area contributed by atoms with Crippen molar-refractivity contribution in [3.05, 3.63) is 0 Å². The van der Waals surface area contributed by atoms with Gasteiger partial charge in [0.15, 0.2) is 0 Å². The van der Waals surface area contributed by atoms with Crippen molar-refractivity contribution in [1.82, 2.24) is 4.90 Å². The third-order valence-corrected chi connectivity index (χ3v) is 3.60. The van der Waals surface area contributed by atoms with Crippen LogP contribution in [0.15, 0.2) is 0 Å². The topological polar surface area (TPSA) is 23.5 Å². The van der Waals surface area contributed by atoms with E-state index in [0.717, 1.165) is 44.8 Å². The molecule has 0 spiro atoms. The van der Waals surface area contributed by atoms with Crippen LogP contribution in [0, 0.1) is 5.92 Å². The van der Waals surface area contributed by atoms with Gasteiger partial charge in [0, 0.05) is 13.1 Å². The SMILES string of the molecule is CCN1CCC(O)(CC2CC2)CC1. The average Bonchev–Trinajstić information content (AvgIpc) is 2.89. The minimum atomic E-state index is -0.299. The first kappa shape index (κ1) is 9.47. The molecule has 2 rings (SSSR count). The quantitative estimate of drug-likeness (QED) is 0.719. The zero-order valence-corrected chi connectivity index (χ0v) is 8.63. The predicted octanol–water partition coefficient (Wildman–Crippen LogP) is 1.63. The summed E-state index contributed by atoms with van der Waals surface area (Å²) in [4.78, 5) is 2.43. The highest BCUT2D eigenvalue weighted by atomic mass is 16.3. The molecule has 76 valence electrons. The third kappa shape index (κ3) is 2.44. The Bertz CT molecular complexity index is 169. The number of hydrogen-bond acceptors (Lipinski definition) is 2. The first-order valence-corrected chi connectivity index (χ1v) is 5.66. The lowest BCUT2D eigenvalue weighted by Crippen LogP contribution is -2.44. The van der Waals surface area contributed by atoms with Gasteiger partial charge in [0.25, 0.3) is 0 Å². The minimum Gasteiger partial charge on any atom is -0.390 e. The first-order valence-electron chi connectivity index (χ1n) is 5.66. The van der Waals surface area contributed by atoms with Gasteiger partial charge in [-0.05, 0) is 31.7 Å². The summed E-state index contributed by atoms with van der Waals surface area (Å²) in [5.74, 6) is 0.859. The smallest absolute Gasteiger partial charge is 0.0674 e. The molecule has 1 saturated heterocycles. The van der Waals surface area contributed by atoms with Crippen LogP contribution in [0.5, 0.6) is 0 Å². The van der Waals surface area contributed by atoms with Crippen molar-refractivity contribution in [2.75, 3.05) is 19.6 Å². The van der Waals surface area contributed by atoms with Crippen LogP contribution in [0.4, 0.5) is 0 Å². The molecule has 0 radical (unpaired) electrons. The zero-order chi connectivity index (χ0) is 9.31. The van der Waals surface area contributed by atoms with Crippen LogP contribution >= 0.6 is 0 Å². The van der Waals surface area contributed by atoms with Gasteiger partial charge in [-0.3, -0.25) is 0 Å². The van der Waals surface area contributed by atoms with E-state index in [0.29, 0.717) is 0 Å². The van der Waals surface area contributed by atoms with Crippen molar-refractivity contribution in [3.8, 4) is 0 Å². The molecule has 0 aromatic carbocycles. The van der Waals surface area contributed by atoms with Crippen molar-refractivity contribution in [1.29, 1.82) is 0 Å². The van der Waals surface area contributed by atoms with Crippen molar-refractivity contribution < 1.29 is 5.11 Å². The summed E-state index contributed by atoms with van der Waals surface area (Å²) in [7, 11) is 0. The molecule has 1 N–H and O–H groups in total. The maximum absolute atomic E-state index is 10.3. The Labute approximate surface area is 80.9 Å². The lowest BCUT2D eigenvalue weighted by atomic mass is 9.86. The molecular weight excluding hydrogens is 162 g/mol. The fraction of sp³-hybridized carbons (Fsp3) is 1.00. The number of aliphatic hydroxyl groups is 1. The van der Waals surface area contributed by atoms with E-state index in [1.165, 1.54) is 12.8 Å². The third-order valence-electron chi connectivity index (χ3n) is 3.60. The molecule has 0 aromatic rings. The molecule has 0 aromatic heterocycles. The summed E-state index contributed by atoms with van der Waals surface area (Å²) < 4.78 is 0. The highest BCUT2D eigenvalue weighted by molar-refractivity contribution is 4.90. The number of nitrogens with zero attached hydrogens (tertiary/aromatic N) is 1. The van der Waals surface area contributed by atoms with Gasteiger partial charge in [-0.2, -0.15) is 0 Å². The van der Waals surface area contributed by atoms with Crippen molar-refractivity contribution in [3.63, 3.8) is 0 Å². The average molecular weight is 183 g/mol. The van der Waals surface area contributed by atoms with E-state index < -0.39 is 0 Å². The van der Waals surface area contributed by atoms with Crippen LogP contribution < -0.4 is 0 Å². The molecule has 1 aliphatic heterocycles. The molecule has 13 heavy (non-hydrogen) atoms. The molecule has 0 amide bonds. The molecule has 0 atom stereocenters. The van der Waals surface area contributed by atoms with Crippen LogP contribution in [0.2, 0.25) is 0 Å². The fourth-order valence-electron chi connectivity index (χ4n) is 2.35. The molecule has 2 fully saturated rings. The Morgan fingerprint density at radius 3 is 2.38 bits per heavy atom. The van der Waals surface area contributed by atoms with Gasteiger partial charge in [0.1, 0.15) is 0 Å². The number of hydrogen-bond donors (Lipinski definition) is 1. The standard InChI is InChI=1S/C11H21NO/c1-2-12-7-5-11(13,6-8-12)9-10-3-4-10/h10,13H,2-9H2,1H3. The van der Waals surface area contributed by atoms with Crippen molar-refractivity contribution in [2.24, 2.45) is 5.92 Å². The number of rotatable bonds is 3. The Morgan fingerprint density at radius 1 is 1.31 bits per heavy atom. The summed E-state index contributed by atoms with van der Waals surface area (Å²) in [6.45, 7) is 5.53. The monoisotopic (exact) mass is 183 g/mol. The minimum absolute atomic E-state index is 0.299. The van der Waals surface area contributed by atoms with Crippen LogP contribution in [-0.4, -0.2) is 35.2 Å². The molecule has 1 saturated carbocycles. The molecular formula is C11H21NO. The summed E-state index contributed by atoms with van der Waals surface area (Å²) >= 11 is 0. The lowest BCUT2D eigenvalue weighted by molar-refractivity contribution is -0.0304. The molecule has 0 unspecified atom stereocenters. The molecule has 2 aliphatic rings. The molecule has 2 heteroatoms. The van der Waals surface area contributed by atoms with E-state index in [2.05, 4.69) is 11.8 Å². The van der Waals surface area contributed by atoms with Crippen LogP contribution in [0.25, 0.3) is 0 Å². The van der Waals surface area contributed by atoms with Crippen LogP contribution in [0.1, 0.15) is 39.0 Å².